The van der Waals surface area contributed by atoms with Crippen LogP contribution in [0.2, 0.25) is 0 Å². The van der Waals surface area contributed by atoms with Gasteiger partial charge < -0.3 is 14.7 Å². The van der Waals surface area contributed by atoms with E-state index in [1.165, 1.54) is 5.69 Å². The van der Waals surface area contributed by atoms with Crippen LogP contribution in [0.1, 0.15) is 30.0 Å². The van der Waals surface area contributed by atoms with Crippen LogP contribution >= 0.6 is 11.3 Å². The normalized spacial score (nSPS) is 22.6. The summed E-state index contributed by atoms with van der Waals surface area (Å²) in [6.45, 7) is 5.37. The maximum absolute atomic E-state index is 12.2. The highest BCUT2D eigenvalue weighted by molar-refractivity contribution is 7.09. The summed E-state index contributed by atoms with van der Waals surface area (Å²) in [6, 6.07) is 0.850. The first-order chi connectivity index (χ1) is 13.1. The van der Waals surface area contributed by atoms with Gasteiger partial charge in [-0.25, -0.2) is 9.78 Å². The Morgan fingerprint density at radius 2 is 2.07 bits per heavy atom. The number of carbonyl (C=O) groups is 2. The van der Waals surface area contributed by atoms with E-state index >= 15 is 0 Å². The molecule has 0 radical (unpaired) electrons. The van der Waals surface area contributed by atoms with E-state index in [0.29, 0.717) is 31.0 Å². The quantitative estimate of drug-likeness (QED) is 0.783. The second-order valence-corrected chi connectivity index (χ2v) is 7.74. The van der Waals surface area contributed by atoms with Crippen molar-refractivity contribution in [1.82, 2.24) is 14.8 Å². The average molecular weight is 423 g/mol. The lowest BCUT2D eigenvalue weighted by atomic mass is 9.96. The van der Waals surface area contributed by atoms with E-state index in [9.17, 15) is 18.0 Å². The molecule has 1 N–H and O–H groups in total. The fourth-order valence-electron chi connectivity index (χ4n) is 3.60. The number of carboxylic acid groups (broad SMARTS) is 1. The first-order valence-electron chi connectivity index (χ1n) is 8.87. The van der Waals surface area contributed by atoms with Gasteiger partial charge in [-0.1, -0.05) is 0 Å². The number of carbonyl (C=O) groups excluding carboxylic acids is 1. The van der Waals surface area contributed by atoms with E-state index in [2.05, 4.69) is 15.3 Å². The van der Waals surface area contributed by atoms with Gasteiger partial charge in [0.15, 0.2) is 0 Å². The van der Waals surface area contributed by atoms with Crippen molar-refractivity contribution in [2.45, 2.75) is 51.0 Å². The summed E-state index contributed by atoms with van der Waals surface area (Å²) in [5.41, 5.74) is 1.17. The molecule has 1 aromatic rings. The van der Waals surface area contributed by atoms with Crippen LogP contribution in [0, 0.1) is 6.92 Å². The molecule has 2 atom stereocenters. The Labute approximate surface area is 165 Å². The van der Waals surface area contributed by atoms with E-state index in [0.717, 1.165) is 37.5 Å². The van der Waals surface area contributed by atoms with Gasteiger partial charge in [0.2, 0.25) is 5.91 Å². The van der Waals surface area contributed by atoms with E-state index in [1.807, 2.05) is 11.8 Å². The Morgan fingerprint density at radius 1 is 1.39 bits per heavy atom. The van der Waals surface area contributed by atoms with Gasteiger partial charge in [0, 0.05) is 50.6 Å². The standard InChI is InChI=1S/C15H23N3O2S.C2HF3O2/c1-11-16-12(10-21-11)9-17-6-5-14-13(17)3-4-15(19)18(14)7-8-20-2;3-2(4,5)1(6)7/h10,13-14H,3-9H2,1-2H3;(H,6,7)/t13-,14-;/m1./s1. The van der Waals surface area contributed by atoms with Crippen molar-refractivity contribution in [2.75, 3.05) is 26.8 Å². The molecule has 2 aliphatic heterocycles. The maximum Gasteiger partial charge on any atom is 0.490 e. The largest absolute Gasteiger partial charge is 0.490 e. The number of halogens is 3. The lowest BCUT2D eigenvalue weighted by Gasteiger charge is -2.39. The Bertz CT molecular complexity index is 683. The number of carboxylic acids is 1. The number of rotatable bonds is 5. The first-order valence-corrected chi connectivity index (χ1v) is 9.75. The zero-order valence-electron chi connectivity index (χ0n) is 15.7. The van der Waals surface area contributed by atoms with Crippen molar-refractivity contribution in [3.05, 3.63) is 16.1 Å². The molecule has 0 unspecified atom stereocenters. The Morgan fingerprint density at radius 3 is 2.61 bits per heavy atom. The number of likely N-dealkylation sites (tertiary alicyclic amines) is 2. The van der Waals surface area contributed by atoms with Crippen LogP contribution in [-0.2, 0) is 20.9 Å². The van der Waals surface area contributed by atoms with Crippen LogP contribution in [0.15, 0.2) is 5.38 Å². The molecule has 7 nitrogen and oxygen atoms in total. The highest BCUT2D eigenvalue weighted by Crippen LogP contribution is 2.32. The Hall–Kier alpha value is -1.72. The van der Waals surface area contributed by atoms with Crippen molar-refractivity contribution >= 4 is 23.2 Å². The number of aliphatic carboxylic acids is 1. The Kier molecular flexibility index (Phi) is 7.79. The number of ether oxygens (including phenoxy) is 1. The highest BCUT2D eigenvalue weighted by Gasteiger charge is 2.42. The molecular weight excluding hydrogens is 399 g/mol. The molecule has 1 aromatic heterocycles. The van der Waals surface area contributed by atoms with Crippen molar-refractivity contribution < 1.29 is 32.6 Å². The fourth-order valence-corrected chi connectivity index (χ4v) is 4.21. The molecule has 2 fully saturated rings. The van der Waals surface area contributed by atoms with Crippen LogP contribution in [0.4, 0.5) is 13.2 Å². The van der Waals surface area contributed by atoms with E-state index < -0.39 is 12.1 Å². The molecule has 0 aromatic carbocycles. The van der Waals surface area contributed by atoms with Crippen LogP contribution in [-0.4, -0.2) is 76.8 Å². The highest BCUT2D eigenvalue weighted by atomic mass is 32.1. The van der Waals surface area contributed by atoms with Crippen LogP contribution in [0.3, 0.4) is 0 Å². The van der Waals surface area contributed by atoms with Crippen molar-refractivity contribution in [1.29, 1.82) is 0 Å². The van der Waals surface area contributed by atoms with Gasteiger partial charge in [-0.2, -0.15) is 13.2 Å². The van der Waals surface area contributed by atoms with Crippen LogP contribution in [0.25, 0.3) is 0 Å². The molecule has 158 valence electrons. The number of aromatic nitrogens is 1. The second kappa shape index (κ2) is 9.66. The van der Waals surface area contributed by atoms with Crippen LogP contribution < -0.4 is 0 Å². The molecule has 1 amide bonds. The molecule has 0 saturated carbocycles. The van der Waals surface area contributed by atoms with Gasteiger partial charge in [-0.3, -0.25) is 9.69 Å². The van der Waals surface area contributed by atoms with Gasteiger partial charge >= 0.3 is 12.1 Å². The molecule has 3 heterocycles. The molecule has 0 spiro atoms. The molecule has 0 aliphatic carbocycles. The minimum Gasteiger partial charge on any atom is -0.475 e. The SMILES string of the molecule is COCCN1C(=O)CC[C@@H]2[C@H]1CCN2Cc1csc(C)n1.O=C(O)C(F)(F)F. The minimum absolute atomic E-state index is 0.291. The third-order valence-electron chi connectivity index (χ3n) is 4.81. The number of aryl methyl sites for hydroxylation is 1. The summed E-state index contributed by atoms with van der Waals surface area (Å²) in [4.78, 5) is 30.2. The summed E-state index contributed by atoms with van der Waals surface area (Å²) in [7, 11) is 1.69. The summed E-state index contributed by atoms with van der Waals surface area (Å²) in [5.74, 6) is -2.47. The zero-order chi connectivity index (χ0) is 20.9. The molecule has 28 heavy (non-hydrogen) atoms. The molecule has 11 heteroatoms. The van der Waals surface area contributed by atoms with Gasteiger partial charge in [-0.05, 0) is 19.8 Å². The minimum atomic E-state index is -5.08. The first kappa shape index (κ1) is 22.6. The fraction of sp³-hybridized carbons (Fsp3) is 0.706. The number of methoxy groups -OCH3 is 1. The van der Waals surface area contributed by atoms with Gasteiger partial charge in [0.1, 0.15) is 0 Å². The van der Waals surface area contributed by atoms with E-state index in [4.69, 9.17) is 14.6 Å². The second-order valence-electron chi connectivity index (χ2n) is 6.67. The third kappa shape index (κ3) is 5.89. The van der Waals surface area contributed by atoms with Gasteiger partial charge in [0.25, 0.3) is 0 Å². The predicted molar refractivity (Wildman–Crippen MR) is 96.0 cm³/mol. The number of fused-ring (bicyclic) bond motifs is 1. The van der Waals surface area contributed by atoms with E-state index in [-0.39, 0.29) is 0 Å². The zero-order valence-corrected chi connectivity index (χ0v) is 16.6. The number of alkyl halides is 3. The Balaban J connectivity index is 0.000000345. The number of hydrogen-bond donors (Lipinski definition) is 1. The summed E-state index contributed by atoms with van der Waals surface area (Å²) >= 11 is 1.71. The summed E-state index contributed by atoms with van der Waals surface area (Å²) in [5, 5.41) is 10.4. The number of amides is 1. The lowest BCUT2D eigenvalue weighted by Crippen LogP contribution is -2.52. The third-order valence-corrected chi connectivity index (χ3v) is 5.63. The molecule has 3 rings (SSSR count). The summed E-state index contributed by atoms with van der Waals surface area (Å²) < 4.78 is 36.9. The van der Waals surface area contributed by atoms with Gasteiger partial charge in [-0.15, -0.1) is 11.3 Å². The van der Waals surface area contributed by atoms with Crippen LogP contribution in [0.5, 0.6) is 0 Å². The van der Waals surface area contributed by atoms with Crippen molar-refractivity contribution in [2.24, 2.45) is 0 Å². The number of nitrogens with zero attached hydrogens (tertiary/aromatic N) is 3. The topological polar surface area (TPSA) is 83.0 Å². The predicted octanol–water partition coefficient (Wildman–Crippen LogP) is 2.30. The number of thiazole rings is 1. The number of piperidine rings is 1. The van der Waals surface area contributed by atoms with E-state index in [1.54, 1.807) is 18.4 Å². The molecule has 0 bridgehead atoms. The average Bonchev–Trinajstić information content (AvgIpc) is 3.20. The molecular formula is C17H24F3N3O4S. The van der Waals surface area contributed by atoms with Gasteiger partial charge in [0.05, 0.1) is 17.3 Å². The monoisotopic (exact) mass is 423 g/mol. The smallest absolute Gasteiger partial charge is 0.475 e. The number of hydrogen-bond acceptors (Lipinski definition) is 6. The molecule has 2 aliphatic rings. The lowest BCUT2D eigenvalue weighted by molar-refractivity contribution is -0.192. The van der Waals surface area contributed by atoms with Crippen molar-refractivity contribution in [3.63, 3.8) is 0 Å². The maximum atomic E-state index is 12.2. The molecule has 2 saturated heterocycles. The summed E-state index contributed by atoms with van der Waals surface area (Å²) in [6.07, 6.45) is -2.36. The van der Waals surface area contributed by atoms with Crippen molar-refractivity contribution in [3.8, 4) is 0 Å².